The monoisotopic (exact) mass is 249 g/mol. The van der Waals surface area contributed by atoms with Crippen molar-refractivity contribution in [3.05, 3.63) is 17.5 Å². The van der Waals surface area contributed by atoms with Crippen molar-refractivity contribution in [2.24, 2.45) is 11.7 Å². The highest BCUT2D eigenvalue weighted by Gasteiger charge is 2.13. The molecule has 0 amide bonds. The van der Waals surface area contributed by atoms with Crippen LogP contribution in [0.3, 0.4) is 0 Å². The molecule has 0 saturated carbocycles. The van der Waals surface area contributed by atoms with Crippen LogP contribution in [0.4, 0.5) is 5.95 Å². The van der Waals surface area contributed by atoms with E-state index in [-0.39, 0.29) is 11.8 Å². The number of aryl methyl sites for hydroxylation is 1. The van der Waals surface area contributed by atoms with Gasteiger partial charge in [0, 0.05) is 30.9 Å². The summed E-state index contributed by atoms with van der Waals surface area (Å²) in [5.74, 6) is 1.27. The van der Waals surface area contributed by atoms with Gasteiger partial charge in [-0.05, 0) is 18.9 Å². The zero-order chi connectivity index (χ0) is 13.9. The molecule has 1 aromatic rings. The van der Waals surface area contributed by atoms with Crippen molar-refractivity contribution in [3.8, 4) is 0 Å². The van der Waals surface area contributed by atoms with E-state index < -0.39 is 0 Å². The van der Waals surface area contributed by atoms with Crippen LogP contribution in [0, 0.1) is 18.3 Å². The highest BCUT2D eigenvalue weighted by atomic mass is 15.2. The molecule has 1 aromatic heterocycles. The fraction of sp³-hybridized carbons (Fsp3) is 0.615. The quantitative estimate of drug-likeness (QED) is 0.617. The van der Waals surface area contributed by atoms with E-state index in [1.54, 1.807) is 0 Å². The van der Waals surface area contributed by atoms with E-state index in [4.69, 9.17) is 11.1 Å². The zero-order valence-electron chi connectivity index (χ0n) is 11.9. The summed E-state index contributed by atoms with van der Waals surface area (Å²) in [5, 5.41) is 7.42. The first-order valence-electron chi connectivity index (χ1n) is 6.22. The lowest BCUT2D eigenvalue weighted by Gasteiger charge is -2.22. The third kappa shape index (κ3) is 3.68. The summed E-state index contributed by atoms with van der Waals surface area (Å²) in [7, 11) is 1.93. The molecule has 1 rings (SSSR count). The van der Waals surface area contributed by atoms with E-state index in [0.717, 1.165) is 11.4 Å². The second kappa shape index (κ2) is 5.80. The van der Waals surface area contributed by atoms with Gasteiger partial charge in [0.05, 0.1) is 5.84 Å². The molecule has 0 saturated heterocycles. The lowest BCUT2D eigenvalue weighted by molar-refractivity contribution is 0.704. The number of nitrogens with zero attached hydrogens (tertiary/aromatic N) is 3. The number of hydrogen-bond acceptors (Lipinski definition) is 4. The van der Waals surface area contributed by atoms with Gasteiger partial charge in [0.2, 0.25) is 5.95 Å². The first kappa shape index (κ1) is 14.4. The van der Waals surface area contributed by atoms with Crippen molar-refractivity contribution in [2.75, 3.05) is 18.5 Å². The highest BCUT2D eigenvalue weighted by molar-refractivity contribution is 5.79. The van der Waals surface area contributed by atoms with Crippen LogP contribution in [0.25, 0.3) is 0 Å². The molecule has 1 unspecified atom stereocenters. The summed E-state index contributed by atoms with van der Waals surface area (Å²) < 4.78 is 0. The van der Waals surface area contributed by atoms with Crippen molar-refractivity contribution in [1.82, 2.24) is 9.97 Å². The van der Waals surface area contributed by atoms with Gasteiger partial charge in [0.25, 0.3) is 0 Å². The van der Waals surface area contributed by atoms with E-state index in [0.29, 0.717) is 18.4 Å². The van der Waals surface area contributed by atoms with Crippen molar-refractivity contribution < 1.29 is 0 Å². The number of rotatable bonds is 5. The maximum atomic E-state index is 7.42. The third-order valence-corrected chi connectivity index (χ3v) is 2.87. The van der Waals surface area contributed by atoms with Crippen molar-refractivity contribution >= 4 is 11.8 Å². The summed E-state index contributed by atoms with van der Waals surface area (Å²) >= 11 is 0. The first-order valence-corrected chi connectivity index (χ1v) is 6.22. The molecule has 0 bridgehead atoms. The maximum absolute atomic E-state index is 7.42. The SMILES string of the molecule is Cc1cc(C(C)C)nc(N(C)CC(C)C(=N)N)n1. The van der Waals surface area contributed by atoms with Crippen LogP contribution in [0.2, 0.25) is 0 Å². The molecule has 1 heterocycles. The largest absolute Gasteiger partial charge is 0.387 e. The Bertz CT molecular complexity index is 427. The summed E-state index contributed by atoms with van der Waals surface area (Å²) in [6, 6.07) is 2.01. The molecule has 5 heteroatoms. The fourth-order valence-corrected chi connectivity index (χ4v) is 1.63. The average molecular weight is 249 g/mol. The summed E-state index contributed by atoms with van der Waals surface area (Å²) in [6.07, 6.45) is 0. The van der Waals surface area contributed by atoms with E-state index in [9.17, 15) is 0 Å². The van der Waals surface area contributed by atoms with E-state index in [1.807, 2.05) is 31.9 Å². The van der Waals surface area contributed by atoms with Crippen LogP contribution in [-0.2, 0) is 0 Å². The van der Waals surface area contributed by atoms with Gasteiger partial charge in [-0.15, -0.1) is 0 Å². The zero-order valence-corrected chi connectivity index (χ0v) is 11.9. The van der Waals surface area contributed by atoms with Crippen LogP contribution in [0.1, 0.15) is 38.1 Å². The molecule has 3 N–H and O–H groups in total. The summed E-state index contributed by atoms with van der Waals surface area (Å²) in [5.41, 5.74) is 7.49. The van der Waals surface area contributed by atoms with Crippen molar-refractivity contribution in [2.45, 2.75) is 33.6 Å². The lowest BCUT2D eigenvalue weighted by Crippen LogP contribution is -2.33. The Morgan fingerprint density at radius 2 is 2.00 bits per heavy atom. The van der Waals surface area contributed by atoms with E-state index >= 15 is 0 Å². The minimum absolute atomic E-state index is 0.00149. The van der Waals surface area contributed by atoms with Gasteiger partial charge >= 0.3 is 0 Å². The Hall–Kier alpha value is -1.65. The highest BCUT2D eigenvalue weighted by Crippen LogP contribution is 2.16. The van der Waals surface area contributed by atoms with Gasteiger partial charge in [-0.25, -0.2) is 9.97 Å². The van der Waals surface area contributed by atoms with E-state index in [1.165, 1.54) is 0 Å². The predicted molar refractivity (Wildman–Crippen MR) is 75.2 cm³/mol. The van der Waals surface area contributed by atoms with Crippen LogP contribution in [0.15, 0.2) is 6.07 Å². The molecule has 18 heavy (non-hydrogen) atoms. The Morgan fingerprint density at radius 1 is 1.39 bits per heavy atom. The molecule has 0 aliphatic heterocycles. The third-order valence-electron chi connectivity index (χ3n) is 2.87. The molecule has 1 atom stereocenters. The Balaban J connectivity index is 2.91. The molecule has 0 fully saturated rings. The van der Waals surface area contributed by atoms with Gasteiger partial charge in [-0.1, -0.05) is 20.8 Å². The Kier molecular flexibility index (Phi) is 4.64. The predicted octanol–water partition coefficient (Wildman–Crippen LogP) is 1.92. The molecular formula is C13H23N5. The Labute approximate surface area is 109 Å². The summed E-state index contributed by atoms with van der Waals surface area (Å²) in [4.78, 5) is 10.9. The number of nitrogens with one attached hydrogen (secondary N) is 1. The van der Waals surface area contributed by atoms with E-state index in [2.05, 4.69) is 23.8 Å². The first-order chi connectivity index (χ1) is 8.31. The Morgan fingerprint density at radius 3 is 2.50 bits per heavy atom. The number of anilines is 1. The molecule has 0 radical (unpaired) electrons. The second-order valence-corrected chi connectivity index (χ2v) is 5.13. The number of hydrogen-bond donors (Lipinski definition) is 2. The molecule has 0 aliphatic rings. The number of amidine groups is 1. The van der Waals surface area contributed by atoms with Crippen LogP contribution in [-0.4, -0.2) is 29.4 Å². The normalized spacial score (nSPS) is 12.6. The van der Waals surface area contributed by atoms with Crippen LogP contribution < -0.4 is 10.6 Å². The summed E-state index contributed by atoms with van der Waals surface area (Å²) in [6.45, 7) is 8.78. The van der Waals surface area contributed by atoms with Crippen molar-refractivity contribution in [3.63, 3.8) is 0 Å². The molecule has 100 valence electrons. The smallest absolute Gasteiger partial charge is 0.225 e. The van der Waals surface area contributed by atoms with Gasteiger partial charge in [0.15, 0.2) is 0 Å². The lowest BCUT2D eigenvalue weighted by atomic mass is 10.1. The van der Waals surface area contributed by atoms with Crippen molar-refractivity contribution in [1.29, 1.82) is 5.41 Å². The fourth-order valence-electron chi connectivity index (χ4n) is 1.63. The van der Waals surface area contributed by atoms with Crippen LogP contribution in [0.5, 0.6) is 0 Å². The van der Waals surface area contributed by atoms with Gasteiger partial charge < -0.3 is 10.6 Å². The minimum atomic E-state index is 0.00149. The molecular weight excluding hydrogens is 226 g/mol. The average Bonchev–Trinajstić information content (AvgIpc) is 2.27. The molecule has 5 nitrogen and oxygen atoms in total. The topological polar surface area (TPSA) is 78.9 Å². The van der Waals surface area contributed by atoms with Gasteiger partial charge in [0.1, 0.15) is 0 Å². The number of nitrogens with two attached hydrogens (primary N) is 1. The molecule has 0 aliphatic carbocycles. The molecule has 0 spiro atoms. The second-order valence-electron chi connectivity index (χ2n) is 5.13. The van der Waals surface area contributed by atoms with Crippen LogP contribution >= 0.6 is 0 Å². The molecule has 0 aromatic carbocycles. The van der Waals surface area contributed by atoms with Gasteiger partial charge in [-0.2, -0.15) is 0 Å². The maximum Gasteiger partial charge on any atom is 0.225 e. The minimum Gasteiger partial charge on any atom is -0.387 e. The standard InChI is InChI=1S/C13H23N5/c1-8(2)11-6-10(4)16-13(17-11)18(5)7-9(3)12(14)15/h6,8-9H,7H2,1-5H3,(H3,14,15). The van der Waals surface area contributed by atoms with Gasteiger partial charge in [-0.3, -0.25) is 5.41 Å². The number of aromatic nitrogens is 2.